The van der Waals surface area contributed by atoms with Gasteiger partial charge in [-0.2, -0.15) is 18.3 Å². The summed E-state index contributed by atoms with van der Waals surface area (Å²) in [5, 5.41) is 6.17. The molecule has 0 spiro atoms. The first kappa shape index (κ1) is 9.63. The predicted octanol–water partition coefficient (Wildman–Crippen LogP) is 1.24. The molecule has 0 fully saturated rings. The summed E-state index contributed by atoms with van der Waals surface area (Å²) >= 11 is 0. The standard InChI is InChI=1S/C7H5F3N2O/c8-7(9,10)6-2-1-5(3-4-13)11-12-6/h1-2,4H,3H2. The number of hydrogen-bond donors (Lipinski definition) is 0. The van der Waals surface area contributed by atoms with Gasteiger partial charge in [0.1, 0.15) is 6.29 Å². The predicted molar refractivity (Wildman–Crippen MR) is 36.8 cm³/mol. The van der Waals surface area contributed by atoms with Crippen molar-refractivity contribution in [1.29, 1.82) is 0 Å². The van der Waals surface area contributed by atoms with Gasteiger partial charge in [0.15, 0.2) is 5.69 Å². The number of carbonyl (C=O) groups excluding carboxylic acids is 1. The molecule has 0 radical (unpaired) electrons. The third kappa shape index (κ3) is 2.50. The highest BCUT2D eigenvalue weighted by Crippen LogP contribution is 2.26. The fourth-order valence-electron chi connectivity index (χ4n) is 0.705. The Balaban J connectivity index is 2.87. The van der Waals surface area contributed by atoms with Gasteiger partial charge in [0, 0.05) is 6.42 Å². The van der Waals surface area contributed by atoms with Crippen molar-refractivity contribution in [2.75, 3.05) is 0 Å². The summed E-state index contributed by atoms with van der Waals surface area (Å²) in [6.45, 7) is 0. The Kier molecular flexibility index (Phi) is 2.60. The Morgan fingerprint density at radius 3 is 2.38 bits per heavy atom. The minimum Gasteiger partial charge on any atom is -0.303 e. The number of aromatic nitrogens is 2. The van der Waals surface area contributed by atoms with Gasteiger partial charge in [-0.15, -0.1) is 5.10 Å². The molecule has 0 amide bonds. The Hall–Kier alpha value is -1.46. The zero-order valence-electron chi connectivity index (χ0n) is 6.38. The molecular formula is C7H5F3N2O. The van der Waals surface area contributed by atoms with Crippen molar-refractivity contribution >= 4 is 6.29 Å². The van der Waals surface area contributed by atoms with Crippen LogP contribution in [0.25, 0.3) is 0 Å². The van der Waals surface area contributed by atoms with E-state index in [2.05, 4.69) is 10.2 Å². The highest BCUT2D eigenvalue weighted by molar-refractivity contribution is 5.53. The lowest BCUT2D eigenvalue weighted by Gasteiger charge is -2.03. The SMILES string of the molecule is O=CCc1ccc(C(F)(F)F)nn1. The average molecular weight is 190 g/mol. The second-order valence-electron chi connectivity index (χ2n) is 2.28. The van der Waals surface area contributed by atoms with E-state index in [1.54, 1.807) is 0 Å². The summed E-state index contributed by atoms with van der Waals surface area (Å²) in [5.41, 5.74) is -0.829. The molecule has 0 aliphatic rings. The van der Waals surface area contributed by atoms with Gasteiger partial charge in [-0.25, -0.2) is 0 Å². The van der Waals surface area contributed by atoms with Crippen LogP contribution in [-0.4, -0.2) is 16.5 Å². The van der Waals surface area contributed by atoms with Gasteiger partial charge in [-0.3, -0.25) is 0 Å². The molecule has 0 N–H and O–H groups in total. The molecule has 13 heavy (non-hydrogen) atoms. The van der Waals surface area contributed by atoms with Crippen LogP contribution >= 0.6 is 0 Å². The molecular weight excluding hydrogens is 185 g/mol. The lowest BCUT2D eigenvalue weighted by Crippen LogP contribution is -2.09. The number of alkyl halides is 3. The summed E-state index contributed by atoms with van der Waals surface area (Å²) in [6.07, 6.45) is -3.95. The third-order valence-electron chi connectivity index (χ3n) is 1.30. The number of halogens is 3. The van der Waals surface area contributed by atoms with Crippen LogP contribution in [0.3, 0.4) is 0 Å². The second kappa shape index (κ2) is 3.51. The van der Waals surface area contributed by atoms with E-state index in [4.69, 9.17) is 0 Å². The summed E-state index contributed by atoms with van der Waals surface area (Å²) in [5.74, 6) is 0. The molecule has 70 valence electrons. The van der Waals surface area contributed by atoms with E-state index in [0.29, 0.717) is 6.29 Å². The quantitative estimate of drug-likeness (QED) is 0.659. The van der Waals surface area contributed by atoms with Crippen molar-refractivity contribution in [2.45, 2.75) is 12.6 Å². The van der Waals surface area contributed by atoms with Crippen molar-refractivity contribution < 1.29 is 18.0 Å². The summed E-state index contributed by atoms with van der Waals surface area (Å²) in [4.78, 5) is 9.97. The minimum atomic E-state index is -4.48. The van der Waals surface area contributed by atoms with Gasteiger partial charge in [0.25, 0.3) is 0 Å². The first-order chi connectivity index (χ1) is 6.04. The topological polar surface area (TPSA) is 42.9 Å². The fraction of sp³-hybridized carbons (Fsp3) is 0.286. The molecule has 3 nitrogen and oxygen atoms in total. The second-order valence-corrected chi connectivity index (χ2v) is 2.28. The Labute approximate surface area is 71.6 Å². The van der Waals surface area contributed by atoms with Crippen molar-refractivity contribution in [2.24, 2.45) is 0 Å². The van der Waals surface area contributed by atoms with Gasteiger partial charge in [0.05, 0.1) is 5.69 Å². The highest BCUT2D eigenvalue weighted by Gasteiger charge is 2.32. The number of rotatable bonds is 2. The summed E-state index contributed by atoms with van der Waals surface area (Å²) in [6, 6.07) is 1.93. The van der Waals surface area contributed by atoms with E-state index in [1.165, 1.54) is 0 Å². The highest BCUT2D eigenvalue weighted by atomic mass is 19.4. The first-order valence-corrected chi connectivity index (χ1v) is 3.37. The lowest BCUT2D eigenvalue weighted by atomic mass is 10.3. The average Bonchev–Trinajstić information content (AvgIpc) is 2.04. The third-order valence-corrected chi connectivity index (χ3v) is 1.30. The summed E-state index contributed by atoms with van der Waals surface area (Å²) in [7, 11) is 0. The van der Waals surface area contributed by atoms with Crippen LogP contribution in [0.2, 0.25) is 0 Å². The van der Waals surface area contributed by atoms with Crippen LogP contribution in [-0.2, 0) is 17.4 Å². The molecule has 0 unspecified atom stereocenters. The zero-order valence-corrected chi connectivity index (χ0v) is 6.38. The van der Waals surface area contributed by atoms with Gasteiger partial charge >= 0.3 is 6.18 Å². The molecule has 0 bridgehead atoms. The molecule has 1 heterocycles. The van der Waals surface area contributed by atoms with Gasteiger partial charge in [0.2, 0.25) is 0 Å². The molecule has 1 aromatic rings. The Bertz CT molecular complexity index is 294. The van der Waals surface area contributed by atoms with Crippen LogP contribution in [0.15, 0.2) is 12.1 Å². The van der Waals surface area contributed by atoms with E-state index in [0.717, 1.165) is 12.1 Å². The first-order valence-electron chi connectivity index (χ1n) is 3.37. The normalized spacial score (nSPS) is 11.3. The van der Waals surface area contributed by atoms with Gasteiger partial charge in [-0.05, 0) is 12.1 Å². The molecule has 0 aromatic carbocycles. The smallest absolute Gasteiger partial charge is 0.303 e. The molecule has 0 aliphatic carbocycles. The Morgan fingerprint density at radius 1 is 1.31 bits per heavy atom. The van der Waals surface area contributed by atoms with Crippen LogP contribution in [0.1, 0.15) is 11.4 Å². The van der Waals surface area contributed by atoms with Crippen LogP contribution in [0, 0.1) is 0 Å². The zero-order chi connectivity index (χ0) is 9.90. The molecule has 1 aromatic heterocycles. The minimum absolute atomic E-state index is 0.0227. The maximum atomic E-state index is 11.9. The Morgan fingerprint density at radius 2 is 2.00 bits per heavy atom. The van der Waals surface area contributed by atoms with E-state index in [-0.39, 0.29) is 12.1 Å². The number of carbonyl (C=O) groups is 1. The van der Waals surface area contributed by atoms with Gasteiger partial charge < -0.3 is 4.79 Å². The van der Waals surface area contributed by atoms with E-state index < -0.39 is 11.9 Å². The maximum Gasteiger partial charge on any atom is 0.435 e. The molecule has 1 rings (SSSR count). The fourth-order valence-corrected chi connectivity index (χ4v) is 0.705. The molecule has 6 heteroatoms. The van der Waals surface area contributed by atoms with Crippen molar-refractivity contribution in [3.05, 3.63) is 23.5 Å². The number of aldehydes is 1. The number of hydrogen-bond acceptors (Lipinski definition) is 3. The maximum absolute atomic E-state index is 11.9. The van der Waals surface area contributed by atoms with E-state index in [9.17, 15) is 18.0 Å². The molecule has 0 aliphatic heterocycles. The van der Waals surface area contributed by atoms with E-state index >= 15 is 0 Å². The summed E-state index contributed by atoms with van der Waals surface area (Å²) < 4.78 is 35.8. The van der Waals surface area contributed by atoms with Crippen LogP contribution in [0.5, 0.6) is 0 Å². The monoisotopic (exact) mass is 190 g/mol. The largest absolute Gasteiger partial charge is 0.435 e. The number of nitrogens with zero attached hydrogens (tertiary/aromatic N) is 2. The molecule has 0 saturated carbocycles. The van der Waals surface area contributed by atoms with Crippen LogP contribution < -0.4 is 0 Å². The van der Waals surface area contributed by atoms with E-state index in [1.807, 2.05) is 0 Å². The molecule has 0 saturated heterocycles. The van der Waals surface area contributed by atoms with Crippen molar-refractivity contribution in [3.8, 4) is 0 Å². The van der Waals surface area contributed by atoms with Crippen molar-refractivity contribution in [3.63, 3.8) is 0 Å². The van der Waals surface area contributed by atoms with Crippen molar-refractivity contribution in [1.82, 2.24) is 10.2 Å². The van der Waals surface area contributed by atoms with Crippen LogP contribution in [0.4, 0.5) is 13.2 Å². The lowest BCUT2D eigenvalue weighted by molar-refractivity contribution is -0.141. The van der Waals surface area contributed by atoms with Gasteiger partial charge in [-0.1, -0.05) is 0 Å². The molecule has 0 atom stereocenters.